The third kappa shape index (κ3) is 6.89. The van der Waals surface area contributed by atoms with Crippen LogP contribution < -0.4 is 11.1 Å². The van der Waals surface area contributed by atoms with Gasteiger partial charge in [-0.2, -0.15) is 0 Å². The maximum Gasteiger partial charge on any atom is 0.412 e. The fourth-order valence-corrected chi connectivity index (χ4v) is 2.65. The zero-order valence-electron chi connectivity index (χ0n) is 17.2. The Hall–Kier alpha value is -3.39. The molecule has 0 spiro atoms. The summed E-state index contributed by atoms with van der Waals surface area (Å²) in [7, 11) is 0. The number of carbonyl (C=O) groups is 3. The first-order valence-electron chi connectivity index (χ1n) is 9.38. The molecule has 2 aromatic carbocycles. The number of carboxylic acids is 1. The van der Waals surface area contributed by atoms with Gasteiger partial charge in [0, 0.05) is 0 Å². The van der Waals surface area contributed by atoms with Gasteiger partial charge in [-0.25, -0.2) is 9.59 Å². The Balaban J connectivity index is 2.32. The average molecular weight is 414 g/mol. The lowest BCUT2D eigenvalue weighted by Crippen LogP contribution is -2.33. The number of nitrogens with one attached hydrogen (secondary N) is 1. The molecule has 8 nitrogen and oxygen atoms in total. The molecule has 0 fully saturated rings. The Labute approximate surface area is 175 Å². The summed E-state index contributed by atoms with van der Waals surface area (Å²) in [6.45, 7) is 5.16. The minimum Gasteiger partial charge on any atom is -0.480 e. The molecular formula is C22H26N2O6. The van der Waals surface area contributed by atoms with E-state index in [4.69, 9.17) is 20.3 Å². The van der Waals surface area contributed by atoms with Crippen molar-refractivity contribution in [1.29, 1.82) is 0 Å². The molecule has 0 bridgehead atoms. The zero-order chi connectivity index (χ0) is 22.3. The molecular weight excluding hydrogens is 388 g/mol. The minimum absolute atomic E-state index is 0.0187. The monoisotopic (exact) mass is 414 g/mol. The van der Waals surface area contributed by atoms with Crippen molar-refractivity contribution in [3.8, 4) is 0 Å². The number of hydrogen-bond donors (Lipinski definition) is 3. The first kappa shape index (κ1) is 22.9. The van der Waals surface area contributed by atoms with E-state index in [-0.39, 0.29) is 24.3 Å². The number of anilines is 1. The highest BCUT2D eigenvalue weighted by atomic mass is 16.6. The van der Waals surface area contributed by atoms with Crippen LogP contribution in [0.15, 0.2) is 48.5 Å². The Kier molecular flexibility index (Phi) is 7.54. The fourth-order valence-electron chi connectivity index (χ4n) is 2.65. The number of nitrogens with two attached hydrogens (primary N) is 1. The molecule has 1 amide bonds. The van der Waals surface area contributed by atoms with Gasteiger partial charge in [0.15, 0.2) is 0 Å². The van der Waals surface area contributed by atoms with Gasteiger partial charge < -0.3 is 20.3 Å². The first-order chi connectivity index (χ1) is 14.1. The summed E-state index contributed by atoms with van der Waals surface area (Å²) >= 11 is 0. The van der Waals surface area contributed by atoms with Gasteiger partial charge in [0.05, 0.1) is 11.3 Å². The van der Waals surface area contributed by atoms with Crippen LogP contribution in [-0.4, -0.2) is 34.8 Å². The molecule has 0 aromatic heterocycles. The van der Waals surface area contributed by atoms with Crippen LogP contribution in [-0.2, 0) is 27.3 Å². The molecule has 0 aliphatic rings. The topological polar surface area (TPSA) is 128 Å². The van der Waals surface area contributed by atoms with Gasteiger partial charge in [-0.05, 0) is 44.4 Å². The molecule has 0 saturated carbocycles. The molecule has 0 saturated heterocycles. The van der Waals surface area contributed by atoms with Gasteiger partial charge in [0.1, 0.15) is 18.2 Å². The highest BCUT2D eigenvalue weighted by Crippen LogP contribution is 2.24. The lowest BCUT2D eigenvalue weighted by atomic mass is 9.99. The molecule has 0 heterocycles. The standard InChI is InChI=1S/C22H26N2O6/c1-22(2,3)30-21(28)24-17-11-7-10-15(12-16(23)19(25)26)18(17)20(27)29-13-14-8-5-4-6-9-14/h4-11,16H,12-13,23H2,1-3H3,(H,24,28)(H,25,26)/t16-/m0/s1. The van der Waals surface area contributed by atoms with E-state index >= 15 is 0 Å². The van der Waals surface area contributed by atoms with Crippen molar-refractivity contribution in [2.24, 2.45) is 5.73 Å². The van der Waals surface area contributed by atoms with Gasteiger partial charge in [0.25, 0.3) is 0 Å². The maximum atomic E-state index is 12.9. The van der Waals surface area contributed by atoms with Crippen LogP contribution in [0.4, 0.5) is 10.5 Å². The Morgan fingerprint density at radius 3 is 2.33 bits per heavy atom. The molecule has 0 aliphatic heterocycles. The maximum absolute atomic E-state index is 12.9. The molecule has 2 rings (SSSR count). The van der Waals surface area contributed by atoms with E-state index in [1.807, 2.05) is 18.2 Å². The number of carboxylic acid groups (broad SMARTS) is 1. The molecule has 8 heteroatoms. The van der Waals surface area contributed by atoms with Crippen molar-refractivity contribution in [3.05, 3.63) is 65.2 Å². The SMILES string of the molecule is CC(C)(C)OC(=O)Nc1cccc(C[C@H](N)C(=O)O)c1C(=O)OCc1ccccc1. The minimum atomic E-state index is -1.22. The summed E-state index contributed by atoms with van der Waals surface area (Å²) in [5.74, 6) is -1.91. The van der Waals surface area contributed by atoms with E-state index in [9.17, 15) is 14.4 Å². The van der Waals surface area contributed by atoms with Crippen molar-refractivity contribution in [3.63, 3.8) is 0 Å². The van der Waals surface area contributed by atoms with Gasteiger partial charge in [-0.15, -0.1) is 0 Å². The molecule has 0 aliphatic carbocycles. The van der Waals surface area contributed by atoms with E-state index in [2.05, 4.69) is 5.32 Å². The van der Waals surface area contributed by atoms with E-state index in [0.29, 0.717) is 5.56 Å². The molecule has 4 N–H and O–H groups in total. The number of rotatable bonds is 7. The Bertz CT molecular complexity index is 906. The summed E-state index contributed by atoms with van der Waals surface area (Å²) in [5.41, 5.74) is 6.24. The molecule has 1 atom stereocenters. The van der Waals surface area contributed by atoms with Crippen molar-refractivity contribution in [1.82, 2.24) is 0 Å². The quantitative estimate of drug-likeness (QED) is 0.593. The van der Waals surface area contributed by atoms with Crippen molar-refractivity contribution >= 4 is 23.7 Å². The third-order valence-corrected chi connectivity index (χ3v) is 3.96. The predicted octanol–water partition coefficient (Wildman–Crippen LogP) is 3.35. The number of amides is 1. The predicted molar refractivity (Wildman–Crippen MR) is 111 cm³/mol. The number of benzene rings is 2. The van der Waals surface area contributed by atoms with E-state index < -0.39 is 29.7 Å². The first-order valence-corrected chi connectivity index (χ1v) is 9.38. The summed E-state index contributed by atoms with van der Waals surface area (Å²) in [4.78, 5) is 36.3. The summed E-state index contributed by atoms with van der Waals surface area (Å²) < 4.78 is 10.6. The van der Waals surface area contributed by atoms with E-state index in [1.54, 1.807) is 45.0 Å². The Morgan fingerprint density at radius 2 is 1.73 bits per heavy atom. The van der Waals surface area contributed by atoms with Crippen molar-refractivity contribution in [2.75, 3.05) is 5.32 Å². The van der Waals surface area contributed by atoms with Crippen LogP contribution in [0.5, 0.6) is 0 Å². The fraction of sp³-hybridized carbons (Fsp3) is 0.318. The van der Waals surface area contributed by atoms with Gasteiger partial charge in [0.2, 0.25) is 0 Å². The highest BCUT2D eigenvalue weighted by Gasteiger charge is 2.24. The summed E-state index contributed by atoms with van der Waals surface area (Å²) in [6.07, 6.45) is -0.867. The van der Waals surface area contributed by atoms with Crippen LogP contribution in [0.25, 0.3) is 0 Å². The normalized spacial score (nSPS) is 12.0. The number of ether oxygens (including phenoxy) is 2. The zero-order valence-corrected chi connectivity index (χ0v) is 17.2. The third-order valence-electron chi connectivity index (χ3n) is 3.96. The lowest BCUT2D eigenvalue weighted by molar-refractivity contribution is -0.138. The summed E-state index contributed by atoms with van der Waals surface area (Å²) in [5, 5.41) is 11.7. The second kappa shape index (κ2) is 9.89. The second-order valence-electron chi connectivity index (χ2n) is 7.68. The van der Waals surface area contributed by atoms with E-state index in [1.165, 1.54) is 6.07 Å². The molecule has 0 unspecified atom stereocenters. The number of carbonyl (C=O) groups excluding carboxylic acids is 2. The molecule has 0 radical (unpaired) electrons. The van der Waals surface area contributed by atoms with Gasteiger partial charge in [-0.1, -0.05) is 42.5 Å². The van der Waals surface area contributed by atoms with Gasteiger partial charge >= 0.3 is 18.0 Å². The van der Waals surface area contributed by atoms with Crippen LogP contribution in [0.1, 0.15) is 42.3 Å². The number of hydrogen-bond acceptors (Lipinski definition) is 6. The second-order valence-corrected chi connectivity index (χ2v) is 7.68. The largest absolute Gasteiger partial charge is 0.480 e. The summed E-state index contributed by atoms with van der Waals surface area (Å²) in [6, 6.07) is 12.5. The Morgan fingerprint density at radius 1 is 1.07 bits per heavy atom. The molecule has 30 heavy (non-hydrogen) atoms. The van der Waals surface area contributed by atoms with Crippen LogP contribution in [0, 0.1) is 0 Å². The smallest absolute Gasteiger partial charge is 0.412 e. The number of esters is 1. The number of aliphatic carboxylic acids is 1. The highest BCUT2D eigenvalue weighted by molar-refractivity contribution is 6.01. The van der Waals surface area contributed by atoms with Crippen LogP contribution >= 0.6 is 0 Å². The lowest BCUT2D eigenvalue weighted by Gasteiger charge is -2.21. The van der Waals surface area contributed by atoms with Crippen LogP contribution in [0.3, 0.4) is 0 Å². The molecule has 160 valence electrons. The van der Waals surface area contributed by atoms with E-state index in [0.717, 1.165) is 5.56 Å². The van der Waals surface area contributed by atoms with Crippen molar-refractivity contribution in [2.45, 2.75) is 45.4 Å². The molecule has 2 aromatic rings. The van der Waals surface area contributed by atoms with Crippen LogP contribution in [0.2, 0.25) is 0 Å². The van der Waals surface area contributed by atoms with Crippen molar-refractivity contribution < 1.29 is 29.0 Å². The van der Waals surface area contributed by atoms with Gasteiger partial charge in [-0.3, -0.25) is 10.1 Å². The average Bonchev–Trinajstić information content (AvgIpc) is 2.65.